The first-order chi connectivity index (χ1) is 12.8. The van der Waals surface area contributed by atoms with Crippen molar-refractivity contribution in [2.75, 3.05) is 6.54 Å². The standard InChI is InChI=1S/C19H19NO4S3/c1-15-9-11-17(12-10-15)27(23,24)20-14-18(16-6-3-2-4-7-16)26(21,22)19-8-5-13-25-19/h2-13,18,20H,14H2,1H3/t18-/m0/s1. The fourth-order valence-electron chi connectivity index (χ4n) is 2.63. The minimum atomic E-state index is -3.82. The van der Waals surface area contributed by atoms with Gasteiger partial charge in [0.1, 0.15) is 9.46 Å². The molecule has 0 aliphatic carbocycles. The molecule has 0 saturated carbocycles. The van der Waals surface area contributed by atoms with Crippen molar-refractivity contribution in [1.82, 2.24) is 4.72 Å². The molecule has 8 heteroatoms. The number of sulfone groups is 1. The van der Waals surface area contributed by atoms with Crippen LogP contribution in [-0.4, -0.2) is 23.4 Å². The third-order valence-electron chi connectivity index (χ3n) is 4.11. The van der Waals surface area contributed by atoms with Crippen molar-refractivity contribution in [3.05, 3.63) is 83.2 Å². The number of benzene rings is 2. The Kier molecular flexibility index (Phi) is 5.81. The lowest BCUT2D eigenvalue weighted by molar-refractivity contribution is 0.570. The number of rotatable bonds is 7. The van der Waals surface area contributed by atoms with Gasteiger partial charge in [0, 0.05) is 6.54 Å². The summed E-state index contributed by atoms with van der Waals surface area (Å²) in [7, 11) is -7.55. The largest absolute Gasteiger partial charge is 0.240 e. The zero-order chi connectivity index (χ0) is 19.5. The third kappa shape index (κ3) is 4.47. The highest BCUT2D eigenvalue weighted by molar-refractivity contribution is 7.93. The molecule has 0 spiro atoms. The normalized spacial score (nSPS) is 13.4. The highest BCUT2D eigenvalue weighted by atomic mass is 32.2. The molecule has 3 rings (SSSR count). The highest BCUT2D eigenvalue weighted by Gasteiger charge is 2.31. The van der Waals surface area contributed by atoms with Gasteiger partial charge in [-0.3, -0.25) is 0 Å². The molecule has 1 N–H and O–H groups in total. The van der Waals surface area contributed by atoms with Gasteiger partial charge >= 0.3 is 0 Å². The Morgan fingerprint density at radius 1 is 0.889 bits per heavy atom. The first kappa shape index (κ1) is 19.8. The van der Waals surface area contributed by atoms with E-state index in [2.05, 4.69) is 4.72 Å². The molecule has 27 heavy (non-hydrogen) atoms. The molecule has 0 aliphatic rings. The second-order valence-corrected chi connectivity index (χ2v) is 11.1. The Morgan fingerprint density at radius 3 is 2.15 bits per heavy atom. The SMILES string of the molecule is Cc1ccc(S(=O)(=O)NC[C@@H](c2ccccc2)S(=O)(=O)c2cccs2)cc1. The van der Waals surface area contributed by atoms with Gasteiger partial charge in [0.2, 0.25) is 10.0 Å². The molecule has 0 bridgehead atoms. The van der Waals surface area contributed by atoms with Gasteiger partial charge in [-0.25, -0.2) is 21.6 Å². The number of aryl methyl sites for hydroxylation is 1. The molecular formula is C19H19NO4S3. The van der Waals surface area contributed by atoms with Crippen molar-refractivity contribution in [2.24, 2.45) is 0 Å². The molecule has 0 amide bonds. The smallest absolute Gasteiger partial charge is 0.222 e. The van der Waals surface area contributed by atoms with Crippen LogP contribution in [0.5, 0.6) is 0 Å². The van der Waals surface area contributed by atoms with Gasteiger partial charge in [0.05, 0.1) is 4.90 Å². The van der Waals surface area contributed by atoms with Crippen molar-refractivity contribution in [3.63, 3.8) is 0 Å². The first-order valence-electron chi connectivity index (χ1n) is 8.19. The lowest BCUT2D eigenvalue weighted by Crippen LogP contribution is -2.31. The lowest BCUT2D eigenvalue weighted by atomic mass is 10.1. The molecule has 0 radical (unpaired) electrons. The first-order valence-corrected chi connectivity index (χ1v) is 12.1. The van der Waals surface area contributed by atoms with E-state index in [1.54, 1.807) is 53.9 Å². The molecule has 0 aliphatic heterocycles. The summed E-state index contributed by atoms with van der Waals surface area (Å²) in [5.41, 5.74) is 1.48. The van der Waals surface area contributed by atoms with Crippen molar-refractivity contribution in [3.8, 4) is 0 Å². The average Bonchev–Trinajstić information content (AvgIpc) is 3.18. The van der Waals surface area contributed by atoms with E-state index in [1.165, 1.54) is 18.2 Å². The van der Waals surface area contributed by atoms with Crippen molar-refractivity contribution < 1.29 is 16.8 Å². The van der Waals surface area contributed by atoms with Crippen LogP contribution in [0.3, 0.4) is 0 Å². The van der Waals surface area contributed by atoms with E-state index in [9.17, 15) is 16.8 Å². The number of sulfonamides is 1. The molecule has 5 nitrogen and oxygen atoms in total. The predicted molar refractivity (Wildman–Crippen MR) is 107 cm³/mol. The number of nitrogens with one attached hydrogen (secondary N) is 1. The van der Waals surface area contributed by atoms with Crippen LogP contribution in [0.4, 0.5) is 0 Å². The number of hydrogen-bond acceptors (Lipinski definition) is 5. The Balaban J connectivity index is 1.92. The van der Waals surface area contributed by atoms with E-state index in [0.29, 0.717) is 5.56 Å². The zero-order valence-electron chi connectivity index (χ0n) is 14.6. The maximum absolute atomic E-state index is 13.1. The fourth-order valence-corrected chi connectivity index (χ4v) is 6.65. The summed E-state index contributed by atoms with van der Waals surface area (Å²) in [6.07, 6.45) is 0. The van der Waals surface area contributed by atoms with Crippen LogP contribution < -0.4 is 4.72 Å². The van der Waals surface area contributed by atoms with Gasteiger partial charge in [-0.1, -0.05) is 54.1 Å². The summed E-state index contributed by atoms with van der Waals surface area (Å²) in [6.45, 7) is 1.61. The van der Waals surface area contributed by atoms with Crippen LogP contribution in [0.2, 0.25) is 0 Å². The quantitative estimate of drug-likeness (QED) is 0.633. The average molecular weight is 422 g/mol. The second kappa shape index (κ2) is 7.93. The van der Waals surface area contributed by atoms with Crippen LogP contribution in [0, 0.1) is 6.92 Å². The molecule has 1 atom stereocenters. The summed E-state index contributed by atoms with van der Waals surface area (Å²) in [5.74, 6) is 0. The van der Waals surface area contributed by atoms with Gasteiger partial charge in [-0.2, -0.15) is 0 Å². The summed E-state index contributed by atoms with van der Waals surface area (Å²) >= 11 is 1.12. The van der Waals surface area contributed by atoms with E-state index in [-0.39, 0.29) is 15.6 Å². The maximum Gasteiger partial charge on any atom is 0.240 e. The van der Waals surface area contributed by atoms with E-state index in [1.807, 2.05) is 6.92 Å². The fraction of sp³-hybridized carbons (Fsp3) is 0.158. The molecule has 2 aromatic carbocycles. The Bertz CT molecular complexity index is 1090. The third-order valence-corrected chi connectivity index (χ3v) is 9.08. The van der Waals surface area contributed by atoms with Gasteiger partial charge in [-0.05, 0) is 36.1 Å². The van der Waals surface area contributed by atoms with Gasteiger partial charge in [0.25, 0.3) is 0 Å². The molecule has 0 saturated heterocycles. The number of thiophene rings is 1. The summed E-state index contributed by atoms with van der Waals surface area (Å²) in [5, 5.41) is 0.670. The van der Waals surface area contributed by atoms with Gasteiger partial charge in [0.15, 0.2) is 9.84 Å². The van der Waals surface area contributed by atoms with E-state index >= 15 is 0 Å². The van der Waals surface area contributed by atoms with Crippen LogP contribution in [0.15, 0.2) is 81.2 Å². The molecule has 142 valence electrons. The number of hydrogen-bond donors (Lipinski definition) is 1. The Labute approximate surface area is 163 Å². The van der Waals surface area contributed by atoms with Crippen molar-refractivity contribution in [2.45, 2.75) is 21.3 Å². The Morgan fingerprint density at radius 2 is 1.56 bits per heavy atom. The van der Waals surface area contributed by atoms with Crippen LogP contribution in [0.25, 0.3) is 0 Å². The lowest BCUT2D eigenvalue weighted by Gasteiger charge is -2.18. The van der Waals surface area contributed by atoms with E-state index in [4.69, 9.17) is 0 Å². The molecule has 0 unspecified atom stereocenters. The molecule has 3 aromatic rings. The molecule has 1 heterocycles. The summed E-state index contributed by atoms with van der Waals surface area (Å²) in [6, 6.07) is 18.2. The summed E-state index contributed by atoms with van der Waals surface area (Å²) < 4.78 is 54.0. The van der Waals surface area contributed by atoms with Crippen molar-refractivity contribution >= 4 is 31.2 Å². The Hall–Kier alpha value is -2.00. The topological polar surface area (TPSA) is 80.3 Å². The van der Waals surface area contributed by atoms with Crippen LogP contribution >= 0.6 is 11.3 Å². The highest BCUT2D eigenvalue weighted by Crippen LogP contribution is 2.31. The van der Waals surface area contributed by atoms with Gasteiger partial charge in [-0.15, -0.1) is 11.3 Å². The second-order valence-electron chi connectivity index (χ2n) is 6.04. The molecule has 1 aromatic heterocycles. The van der Waals surface area contributed by atoms with E-state index < -0.39 is 25.1 Å². The van der Waals surface area contributed by atoms with Crippen LogP contribution in [-0.2, 0) is 19.9 Å². The predicted octanol–water partition coefficient (Wildman–Crippen LogP) is 3.55. The minimum Gasteiger partial charge on any atom is -0.222 e. The molecule has 0 fully saturated rings. The zero-order valence-corrected chi connectivity index (χ0v) is 17.0. The van der Waals surface area contributed by atoms with E-state index in [0.717, 1.165) is 16.9 Å². The molecular weight excluding hydrogens is 402 g/mol. The summed E-state index contributed by atoms with van der Waals surface area (Å²) in [4.78, 5) is 0.105. The van der Waals surface area contributed by atoms with Crippen molar-refractivity contribution in [1.29, 1.82) is 0 Å². The minimum absolute atomic E-state index is 0.105. The van der Waals surface area contributed by atoms with Crippen LogP contribution in [0.1, 0.15) is 16.4 Å². The monoisotopic (exact) mass is 421 g/mol. The van der Waals surface area contributed by atoms with Gasteiger partial charge < -0.3 is 0 Å². The maximum atomic E-state index is 13.1.